The Labute approximate surface area is 140 Å². The molecule has 2 aromatic heterocycles. The smallest absolute Gasteiger partial charge is 0.261 e. The second-order valence-electron chi connectivity index (χ2n) is 5.77. The molecule has 1 aliphatic rings. The van der Waals surface area contributed by atoms with Gasteiger partial charge in [0, 0.05) is 25.8 Å². The molecule has 1 saturated heterocycles. The average Bonchev–Trinajstić information content (AvgIpc) is 2.99. The average molecular weight is 331 g/mol. The number of anilines is 1. The van der Waals surface area contributed by atoms with Gasteiger partial charge in [0.1, 0.15) is 5.82 Å². The molecule has 6 heteroatoms. The van der Waals surface area contributed by atoms with Crippen molar-refractivity contribution in [3.05, 3.63) is 45.8 Å². The van der Waals surface area contributed by atoms with E-state index in [1.807, 2.05) is 36.7 Å². The van der Waals surface area contributed by atoms with E-state index in [1.165, 1.54) is 11.3 Å². The zero-order chi connectivity index (χ0) is 16.2. The number of amides is 1. The Morgan fingerprint density at radius 1 is 1.48 bits per heavy atom. The first kappa shape index (κ1) is 16.0. The molecule has 1 atom stereocenters. The largest absolute Gasteiger partial charge is 0.375 e. The minimum Gasteiger partial charge on any atom is -0.375 e. The Bertz CT molecular complexity index is 669. The second kappa shape index (κ2) is 7.10. The van der Waals surface area contributed by atoms with Gasteiger partial charge >= 0.3 is 0 Å². The molecule has 0 saturated carbocycles. The number of morpholine rings is 1. The summed E-state index contributed by atoms with van der Waals surface area (Å²) in [5.41, 5.74) is 2.01. The molecule has 1 N–H and O–H groups in total. The van der Waals surface area contributed by atoms with Crippen molar-refractivity contribution in [3.8, 4) is 0 Å². The molecule has 3 heterocycles. The summed E-state index contributed by atoms with van der Waals surface area (Å²) in [5, 5.41) is 4.88. The molecular formula is C17H21N3O2S. The summed E-state index contributed by atoms with van der Waals surface area (Å²) in [7, 11) is 0. The monoisotopic (exact) mass is 331 g/mol. The highest BCUT2D eigenvalue weighted by Gasteiger charge is 2.17. The summed E-state index contributed by atoms with van der Waals surface area (Å²) >= 11 is 1.47. The Kier molecular flexibility index (Phi) is 4.93. The first-order chi connectivity index (χ1) is 11.1. The SMILES string of the molecule is Cc1ccsc1C(=O)NCc1ccc(N2CCO[C@@H](C)C2)nc1. The van der Waals surface area contributed by atoms with E-state index in [1.54, 1.807) is 0 Å². The van der Waals surface area contributed by atoms with Gasteiger partial charge in [0.25, 0.3) is 5.91 Å². The number of ether oxygens (including phenoxy) is 1. The highest BCUT2D eigenvalue weighted by molar-refractivity contribution is 7.12. The summed E-state index contributed by atoms with van der Waals surface area (Å²) in [6.07, 6.45) is 2.07. The number of carbonyl (C=O) groups is 1. The van der Waals surface area contributed by atoms with Gasteiger partial charge in [0.15, 0.2) is 0 Å². The van der Waals surface area contributed by atoms with Crippen LogP contribution in [-0.2, 0) is 11.3 Å². The van der Waals surface area contributed by atoms with Crippen molar-refractivity contribution in [3.63, 3.8) is 0 Å². The van der Waals surface area contributed by atoms with Gasteiger partial charge < -0.3 is 15.0 Å². The number of carbonyl (C=O) groups excluding carboxylic acids is 1. The predicted octanol–water partition coefficient (Wildman–Crippen LogP) is 2.61. The minimum atomic E-state index is -0.0245. The Morgan fingerprint density at radius 2 is 2.35 bits per heavy atom. The summed E-state index contributed by atoms with van der Waals surface area (Å²) in [5.74, 6) is 0.938. The number of nitrogens with one attached hydrogen (secondary N) is 1. The predicted molar refractivity (Wildman–Crippen MR) is 92.1 cm³/mol. The van der Waals surface area contributed by atoms with E-state index in [4.69, 9.17) is 4.74 Å². The van der Waals surface area contributed by atoms with Gasteiger partial charge in [-0.3, -0.25) is 4.79 Å². The second-order valence-corrected chi connectivity index (χ2v) is 6.68. The normalized spacial score (nSPS) is 18.0. The fourth-order valence-electron chi connectivity index (χ4n) is 2.60. The van der Waals surface area contributed by atoms with Gasteiger partial charge in [-0.2, -0.15) is 0 Å². The molecule has 122 valence electrons. The maximum Gasteiger partial charge on any atom is 0.261 e. The molecule has 0 aliphatic carbocycles. The van der Waals surface area contributed by atoms with E-state index in [2.05, 4.69) is 22.1 Å². The van der Waals surface area contributed by atoms with Crippen LogP contribution in [0, 0.1) is 6.92 Å². The molecular weight excluding hydrogens is 310 g/mol. The van der Waals surface area contributed by atoms with E-state index < -0.39 is 0 Å². The summed E-state index contributed by atoms with van der Waals surface area (Å²) in [6.45, 7) is 6.98. The van der Waals surface area contributed by atoms with Crippen LogP contribution in [0.2, 0.25) is 0 Å². The molecule has 0 unspecified atom stereocenters. The van der Waals surface area contributed by atoms with E-state index in [9.17, 15) is 4.79 Å². The lowest BCUT2D eigenvalue weighted by molar-refractivity contribution is 0.0529. The summed E-state index contributed by atoms with van der Waals surface area (Å²) in [6, 6.07) is 5.99. The third kappa shape index (κ3) is 3.89. The minimum absolute atomic E-state index is 0.0245. The third-order valence-corrected chi connectivity index (χ3v) is 4.91. The van der Waals surface area contributed by atoms with Gasteiger partial charge in [-0.25, -0.2) is 4.98 Å². The first-order valence-corrected chi connectivity index (χ1v) is 8.65. The van der Waals surface area contributed by atoms with Crippen molar-refractivity contribution in [1.29, 1.82) is 0 Å². The molecule has 0 spiro atoms. The molecule has 2 aromatic rings. The van der Waals surface area contributed by atoms with Crippen molar-refractivity contribution in [1.82, 2.24) is 10.3 Å². The highest BCUT2D eigenvalue weighted by Crippen LogP contribution is 2.17. The summed E-state index contributed by atoms with van der Waals surface area (Å²) in [4.78, 5) is 19.6. The van der Waals surface area contributed by atoms with Crippen molar-refractivity contribution in [2.75, 3.05) is 24.6 Å². The van der Waals surface area contributed by atoms with Crippen LogP contribution >= 0.6 is 11.3 Å². The molecule has 0 radical (unpaired) electrons. The maximum atomic E-state index is 12.1. The van der Waals surface area contributed by atoms with Gasteiger partial charge in [-0.05, 0) is 42.5 Å². The molecule has 0 aromatic carbocycles. The molecule has 0 bridgehead atoms. The van der Waals surface area contributed by atoms with Crippen molar-refractivity contribution < 1.29 is 9.53 Å². The fraction of sp³-hybridized carbons (Fsp3) is 0.412. The number of nitrogens with zero attached hydrogens (tertiary/aromatic N) is 2. The van der Waals surface area contributed by atoms with Crippen LogP contribution in [0.15, 0.2) is 29.8 Å². The summed E-state index contributed by atoms with van der Waals surface area (Å²) < 4.78 is 5.55. The van der Waals surface area contributed by atoms with Crippen LogP contribution in [0.4, 0.5) is 5.82 Å². The zero-order valence-electron chi connectivity index (χ0n) is 13.4. The van der Waals surface area contributed by atoms with Gasteiger partial charge in [0.2, 0.25) is 0 Å². The topological polar surface area (TPSA) is 54.5 Å². The van der Waals surface area contributed by atoms with Crippen LogP contribution in [0.1, 0.15) is 27.7 Å². The van der Waals surface area contributed by atoms with Crippen molar-refractivity contribution >= 4 is 23.1 Å². The maximum absolute atomic E-state index is 12.1. The van der Waals surface area contributed by atoms with Crippen LogP contribution in [-0.4, -0.2) is 36.7 Å². The Morgan fingerprint density at radius 3 is 3.00 bits per heavy atom. The quantitative estimate of drug-likeness (QED) is 0.936. The number of rotatable bonds is 4. The number of hydrogen-bond acceptors (Lipinski definition) is 5. The molecule has 1 amide bonds. The number of aromatic nitrogens is 1. The van der Waals surface area contributed by atoms with Crippen LogP contribution in [0.25, 0.3) is 0 Å². The van der Waals surface area contributed by atoms with Crippen LogP contribution in [0.5, 0.6) is 0 Å². The lowest BCUT2D eigenvalue weighted by Crippen LogP contribution is -2.41. The standard InChI is InChI=1S/C17H21N3O2S/c1-12-5-8-23-16(12)17(21)19-10-14-3-4-15(18-9-14)20-6-7-22-13(2)11-20/h3-5,8-9,13H,6-7,10-11H2,1-2H3,(H,19,21)/t13-/m0/s1. The van der Waals surface area contributed by atoms with Gasteiger partial charge in [-0.15, -0.1) is 11.3 Å². The molecule has 1 aliphatic heterocycles. The number of hydrogen-bond donors (Lipinski definition) is 1. The fourth-order valence-corrected chi connectivity index (χ4v) is 3.44. The van der Waals surface area contributed by atoms with Crippen LogP contribution in [0.3, 0.4) is 0 Å². The van der Waals surface area contributed by atoms with E-state index in [0.717, 1.165) is 41.5 Å². The van der Waals surface area contributed by atoms with E-state index >= 15 is 0 Å². The number of thiophene rings is 1. The number of aryl methyl sites for hydroxylation is 1. The lowest BCUT2D eigenvalue weighted by Gasteiger charge is -2.32. The zero-order valence-corrected chi connectivity index (χ0v) is 14.2. The van der Waals surface area contributed by atoms with Crippen molar-refractivity contribution in [2.24, 2.45) is 0 Å². The molecule has 3 rings (SSSR count). The molecule has 5 nitrogen and oxygen atoms in total. The van der Waals surface area contributed by atoms with E-state index in [-0.39, 0.29) is 12.0 Å². The Hall–Kier alpha value is -1.92. The lowest BCUT2D eigenvalue weighted by atomic mass is 10.2. The number of pyridine rings is 1. The first-order valence-electron chi connectivity index (χ1n) is 7.77. The highest BCUT2D eigenvalue weighted by atomic mass is 32.1. The van der Waals surface area contributed by atoms with Gasteiger partial charge in [0.05, 0.1) is 17.6 Å². The third-order valence-electron chi connectivity index (χ3n) is 3.90. The Balaban J connectivity index is 1.57. The molecule has 1 fully saturated rings. The van der Waals surface area contributed by atoms with Crippen molar-refractivity contribution in [2.45, 2.75) is 26.5 Å². The van der Waals surface area contributed by atoms with Crippen LogP contribution < -0.4 is 10.2 Å². The molecule has 23 heavy (non-hydrogen) atoms. The van der Waals surface area contributed by atoms with E-state index in [0.29, 0.717) is 6.54 Å². The van der Waals surface area contributed by atoms with Gasteiger partial charge in [-0.1, -0.05) is 6.07 Å².